The van der Waals surface area contributed by atoms with E-state index in [0.717, 1.165) is 12.1 Å². The second-order valence-electron chi connectivity index (χ2n) is 9.56. The summed E-state index contributed by atoms with van der Waals surface area (Å²) in [4.78, 5) is 31.5. The molecular formula is C25H21Cl2F6N3O6S. The molecule has 1 atom stereocenters. The van der Waals surface area contributed by atoms with E-state index in [2.05, 4.69) is 5.16 Å². The number of rotatable bonds is 7. The van der Waals surface area contributed by atoms with Crippen LogP contribution in [0.5, 0.6) is 0 Å². The van der Waals surface area contributed by atoms with Crippen molar-refractivity contribution in [1.29, 1.82) is 0 Å². The van der Waals surface area contributed by atoms with Gasteiger partial charge >= 0.3 is 18.0 Å². The van der Waals surface area contributed by atoms with Gasteiger partial charge in [0, 0.05) is 30.6 Å². The van der Waals surface area contributed by atoms with Crippen LogP contribution in [0.15, 0.2) is 35.5 Å². The highest BCUT2D eigenvalue weighted by molar-refractivity contribution is 7.89. The van der Waals surface area contributed by atoms with Gasteiger partial charge in [0.15, 0.2) is 5.82 Å². The lowest BCUT2D eigenvalue weighted by atomic mass is 9.86. The van der Waals surface area contributed by atoms with E-state index < -0.39 is 86.5 Å². The standard InChI is InChI=1S/C25H21Cl2F6N3O6S/c1-3-41-23(38)36(15-10-35(11-15)43(39,40)22(29)30)21(37)16-5-4-13(6-12(16)2)19-9-24(42-34-19,25(31,32)33)14-7-17(26)20(28)18(27)8-14/h4-8,15,22H,3,9-11H2,1-2H3/t24-/m0/s1. The quantitative estimate of drug-likeness (QED) is 0.269. The normalized spacial score (nSPS) is 19.6. The number of nitrogens with zero attached hydrogens (tertiary/aromatic N) is 3. The van der Waals surface area contributed by atoms with Gasteiger partial charge in [0.25, 0.3) is 21.5 Å². The molecule has 0 aromatic heterocycles. The molecule has 2 aromatic carbocycles. The van der Waals surface area contributed by atoms with Crippen LogP contribution in [0, 0.1) is 12.7 Å². The van der Waals surface area contributed by atoms with Crippen molar-refractivity contribution in [2.75, 3.05) is 19.7 Å². The van der Waals surface area contributed by atoms with Crippen LogP contribution in [0.3, 0.4) is 0 Å². The van der Waals surface area contributed by atoms with Crippen molar-refractivity contribution in [3.05, 3.63) is 68.4 Å². The van der Waals surface area contributed by atoms with Gasteiger partial charge in [-0.05, 0) is 49.2 Å². The smallest absolute Gasteiger partial charge is 0.435 e. The van der Waals surface area contributed by atoms with Crippen LogP contribution in [0.25, 0.3) is 0 Å². The summed E-state index contributed by atoms with van der Waals surface area (Å²) in [7, 11) is -4.93. The van der Waals surface area contributed by atoms with E-state index >= 15 is 0 Å². The first kappa shape index (κ1) is 32.8. The molecule has 0 spiro atoms. The number of ether oxygens (including phenoxy) is 1. The molecule has 0 unspecified atom stereocenters. The van der Waals surface area contributed by atoms with Crippen LogP contribution < -0.4 is 0 Å². The fourth-order valence-electron chi connectivity index (χ4n) is 4.55. The van der Waals surface area contributed by atoms with Gasteiger partial charge in [-0.1, -0.05) is 34.4 Å². The zero-order valence-corrected chi connectivity index (χ0v) is 24.4. The molecule has 2 aromatic rings. The van der Waals surface area contributed by atoms with E-state index in [-0.39, 0.29) is 29.0 Å². The largest absolute Gasteiger partial charge is 0.449 e. The molecule has 18 heteroatoms. The Kier molecular flexibility index (Phi) is 8.99. The first-order chi connectivity index (χ1) is 19.9. The summed E-state index contributed by atoms with van der Waals surface area (Å²) >= 11 is 11.4. The molecule has 2 amide bonds. The average Bonchev–Trinajstić information content (AvgIpc) is 3.35. The summed E-state index contributed by atoms with van der Waals surface area (Å²) < 4.78 is 111. The predicted octanol–water partition coefficient (Wildman–Crippen LogP) is 5.86. The Morgan fingerprint density at radius 3 is 2.30 bits per heavy atom. The number of imide groups is 1. The number of amides is 2. The van der Waals surface area contributed by atoms with E-state index in [9.17, 15) is 44.3 Å². The molecule has 0 N–H and O–H groups in total. The first-order valence-electron chi connectivity index (χ1n) is 12.3. The van der Waals surface area contributed by atoms with Crippen LogP contribution in [0.4, 0.5) is 31.1 Å². The van der Waals surface area contributed by atoms with E-state index in [1.54, 1.807) is 0 Å². The van der Waals surface area contributed by atoms with E-state index in [0.29, 0.717) is 9.21 Å². The van der Waals surface area contributed by atoms with Gasteiger partial charge in [-0.25, -0.2) is 22.5 Å². The lowest BCUT2D eigenvalue weighted by Crippen LogP contribution is -2.64. The van der Waals surface area contributed by atoms with Crippen LogP contribution >= 0.6 is 23.2 Å². The Balaban J connectivity index is 1.61. The third kappa shape index (κ3) is 5.89. The SMILES string of the molecule is CCOC(=O)N(C(=O)c1ccc(C2=NO[C@@](c3cc(Cl)c(F)c(Cl)c3)(C(F)(F)F)C2)cc1C)C1CN(S(=O)(=O)C(F)F)C1. The Morgan fingerprint density at radius 2 is 1.79 bits per heavy atom. The molecule has 1 fully saturated rings. The number of oxime groups is 1. The number of benzene rings is 2. The van der Waals surface area contributed by atoms with Gasteiger partial charge in [0.05, 0.1) is 28.4 Å². The van der Waals surface area contributed by atoms with Crippen molar-refractivity contribution in [1.82, 2.24) is 9.21 Å². The maximum Gasteiger partial charge on any atom is 0.435 e. The maximum absolute atomic E-state index is 14.3. The van der Waals surface area contributed by atoms with Crippen molar-refractivity contribution in [3.63, 3.8) is 0 Å². The third-order valence-corrected chi connectivity index (χ3v) is 8.91. The minimum atomic E-state index is -5.05. The molecule has 4 rings (SSSR count). The van der Waals surface area contributed by atoms with Gasteiger partial charge in [0.2, 0.25) is 0 Å². The molecule has 1 saturated heterocycles. The Morgan fingerprint density at radius 1 is 1.19 bits per heavy atom. The zero-order chi connectivity index (χ0) is 32.1. The number of carbonyl (C=O) groups is 2. The summed E-state index contributed by atoms with van der Waals surface area (Å²) in [6.07, 6.45) is -7.06. The second-order valence-corrected chi connectivity index (χ2v) is 12.3. The Hall–Kier alpha value is -3.08. The van der Waals surface area contributed by atoms with E-state index in [1.165, 1.54) is 32.0 Å². The van der Waals surface area contributed by atoms with Crippen molar-refractivity contribution >= 4 is 50.9 Å². The molecule has 9 nitrogen and oxygen atoms in total. The topological polar surface area (TPSA) is 106 Å². The van der Waals surface area contributed by atoms with E-state index in [4.69, 9.17) is 32.8 Å². The van der Waals surface area contributed by atoms with Gasteiger partial charge in [-0.3, -0.25) is 4.79 Å². The molecule has 2 heterocycles. The van der Waals surface area contributed by atoms with Crippen LogP contribution in [0.2, 0.25) is 10.0 Å². The summed E-state index contributed by atoms with van der Waals surface area (Å²) in [6.45, 7) is 1.55. The molecule has 0 saturated carbocycles. The number of hydrogen-bond donors (Lipinski definition) is 0. The predicted molar refractivity (Wildman–Crippen MR) is 141 cm³/mol. The van der Waals surface area contributed by atoms with Gasteiger partial charge in [-0.15, -0.1) is 0 Å². The summed E-state index contributed by atoms with van der Waals surface area (Å²) in [6, 6.07) is 4.11. The molecule has 234 valence electrons. The Labute approximate surface area is 251 Å². The highest BCUT2D eigenvalue weighted by Crippen LogP contribution is 2.50. The molecule has 2 aliphatic rings. The maximum atomic E-state index is 14.3. The minimum absolute atomic E-state index is 0.106. The van der Waals surface area contributed by atoms with Gasteiger partial charge in [0.1, 0.15) is 0 Å². The van der Waals surface area contributed by atoms with Crippen molar-refractivity contribution in [2.45, 2.75) is 43.8 Å². The minimum Gasteiger partial charge on any atom is -0.449 e. The zero-order valence-electron chi connectivity index (χ0n) is 22.1. The average molecular weight is 676 g/mol. The molecule has 0 radical (unpaired) electrons. The fraction of sp³-hybridized carbons (Fsp3) is 0.400. The van der Waals surface area contributed by atoms with Crippen molar-refractivity contribution < 1.29 is 53.9 Å². The van der Waals surface area contributed by atoms with Crippen LogP contribution in [-0.2, 0) is 25.2 Å². The third-order valence-electron chi connectivity index (χ3n) is 6.89. The lowest BCUT2D eigenvalue weighted by molar-refractivity contribution is -0.275. The molecule has 2 aliphatic heterocycles. The van der Waals surface area contributed by atoms with Crippen LogP contribution in [0.1, 0.15) is 40.4 Å². The number of carbonyl (C=O) groups excluding carboxylic acids is 2. The van der Waals surface area contributed by atoms with Gasteiger partial charge in [-0.2, -0.15) is 26.3 Å². The summed E-state index contributed by atoms with van der Waals surface area (Å²) in [5.41, 5.74) is -3.66. The second kappa shape index (κ2) is 11.8. The molecule has 0 bridgehead atoms. The molecule has 43 heavy (non-hydrogen) atoms. The highest BCUT2D eigenvalue weighted by atomic mass is 35.5. The molecular weight excluding hydrogens is 655 g/mol. The summed E-state index contributed by atoms with van der Waals surface area (Å²) in [5.74, 6) is -5.75. The fourth-order valence-corrected chi connectivity index (χ4v) is 6.02. The number of aryl methyl sites for hydroxylation is 1. The van der Waals surface area contributed by atoms with E-state index in [1.807, 2.05) is 0 Å². The lowest BCUT2D eigenvalue weighted by Gasteiger charge is -2.42. The monoisotopic (exact) mass is 675 g/mol. The van der Waals surface area contributed by atoms with Gasteiger partial charge < -0.3 is 9.57 Å². The number of sulfonamides is 1. The number of alkyl halides is 5. The first-order valence-corrected chi connectivity index (χ1v) is 14.6. The number of halogens is 8. The van der Waals surface area contributed by atoms with Crippen LogP contribution in [-0.4, -0.2) is 73.0 Å². The Bertz CT molecular complexity index is 1580. The molecule has 0 aliphatic carbocycles. The van der Waals surface area contributed by atoms with Crippen molar-refractivity contribution in [2.24, 2.45) is 5.16 Å². The van der Waals surface area contributed by atoms with Crippen molar-refractivity contribution in [3.8, 4) is 0 Å². The summed E-state index contributed by atoms with van der Waals surface area (Å²) in [5, 5.41) is 2.29. The number of hydrogen-bond acceptors (Lipinski definition) is 7. The highest BCUT2D eigenvalue weighted by Gasteiger charge is 2.62.